The third kappa shape index (κ3) is 3.67. The Labute approximate surface area is 102 Å². The zero-order valence-electron chi connectivity index (χ0n) is 9.91. The highest BCUT2D eigenvalue weighted by molar-refractivity contribution is 7.99. The maximum absolute atomic E-state index is 12.1. The van der Waals surface area contributed by atoms with Gasteiger partial charge in [-0.05, 0) is 31.6 Å². The van der Waals surface area contributed by atoms with Gasteiger partial charge in [-0.2, -0.15) is 11.8 Å². The van der Waals surface area contributed by atoms with Gasteiger partial charge in [0.05, 0.1) is 0 Å². The van der Waals surface area contributed by atoms with Crippen LogP contribution in [0, 0.1) is 0 Å². The largest absolute Gasteiger partial charge is 0.341 e. The average molecular weight is 242 g/mol. The van der Waals surface area contributed by atoms with E-state index in [4.69, 9.17) is 0 Å². The van der Waals surface area contributed by atoms with Crippen molar-refractivity contribution in [3.8, 4) is 0 Å². The molecule has 2 saturated heterocycles. The van der Waals surface area contributed by atoms with E-state index in [1.54, 1.807) is 0 Å². The molecule has 92 valence electrons. The van der Waals surface area contributed by atoms with Gasteiger partial charge in [-0.1, -0.05) is 6.42 Å². The van der Waals surface area contributed by atoms with Gasteiger partial charge in [0, 0.05) is 31.3 Å². The molecule has 2 aliphatic heterocycles. The minimum Gasteiger partial charge on any atom is -0.341 e. The van der Waals surface area contributed by atoms with Crippen molar-refractivity contribution in [1.82, 2.24) is 10.2 Å². The first-order valence-corrected chi connectivity index (χ1v) is 7.51. The van der Waals surface area contributed by atoms with Crippen LogP contribution in [0.1, 0.15) is 32.1 Å². The van der Waals surface area contributed by atoms with Crippen molar-refractivity contribution in [1.29, 1.82) is 0 Å². The highest BCUT2D eigenvalue weighted by atomic mass is 32.2. The highest BCUT2D eigenvalue weighted by Crippen LogP contribution is 2.27. The van der Waals surface area contributed by atoms with Crippen LogP contribution in [0.3, 0.4) is 0 Å². The number of nitrogens with zero attached hydrogens (tertiary/aromatic N) is 1. The van der Waals surface area contributed by atoms with Crippen molar-refractivity contribution in [3.63, 3.8) is 0 Å². The Morgan fingerprint density at radius 3 is 3.00 bits per heavy atom. The van der Waals surface area contributed by atoms with Gasteiger partial charge in [0.2, 0.25) is 5.91 Å². The molecule has 16 heavy (non-hydrogen) atoms. The molecule has 3 nitrogen and oxygen atoms in total. The second-order valence-corrected chi connectivity index (χ2v) is 6.09. The van der Waals surface area contributed by atoms with Crippen LogP contribution in [0.4, 0.5) is 0 Å². The Kier molecular flexibility index (Phi) is 4.97. The molecule has 0 bridgehead atoms. The summed E-state index contributed by atoms with van der Waals surface area (Å²) in [4.78, 5) is 14.2. The molecular weight excluding hydrogens is 220 g/mol. The smallest absolute Gasteiger partial charge is 0.223 e. The first-order chi connectivity index (χ1) is 7.86. The number of rotatable bonds is 2. The number of thioether (sulfide) groups is 1. The van der Waals surface area contributed by atoms with Gasteiger partial charge in [-0.25, -0.2) is 0 Å². The molecular formula is C12H22N2OS. The third-order valence-electron chi connectivity index (χ3n) is 3.37. The van der Waals surface area contributed by atoms with Gasteiger partial charge in [0.1, 0.15) is 0 Å². The molecule has 0 spiro atoms. The Morgan fingerprint density at radius 1 is 1.25 bits per heavy atom. The number of hydrogen-bond acceptors (Lipinski definition) is 3. The van der Waals surface area contributed by atoms with Crippen molar-refractivity contribution >= 4 is 17.7 Å². The molecule has 1 unspecified atom stereocenters. The maximum Gasteiger partial charge on any atom is 0.223 e. The van der Waals surface area contributed by atoms with E-state index in [0.29, 0.717) is 11.2 Å². The molecule has 2 aliphatic rings. The summed E-state index contributed by atoms with van der Waals surface area (Å²) in [5.41, 5.74) is 0. The first-order valence-electron chi connectivity index (χ1n) is 6.46. The molecule has 0 radical (unpaired) electrons. The van der Waals surface area contributed by atoms with E-state index >= 15 is 0 Å². The minimum atomic E-state index is 0.378. The van der Waals surface area contributed by atoms with Gasteiger partial charge in [0.25, 0.3) is 0 Å². The maximum atomic E-state index is 12.1. The fourth-order valence-electron chi connectivity index (χ4n) is 2.39. The normalized spacial score (nSPS) is 27.5. The van der Waals surface area contributed by atoms with Gasteiger partial charge >= 0.3 is 0 Å². The summed E-state index contributed by atoms with van der Waals surface area (Å²) < 4.78 is 0. The molecule has 4 heteroatoms. The van der Waals surface area contributed by atoms with Crippen LogP contribution in [0.5, 0.6) is 0 Å². The Bertz CT molecular complexity index is 221. The average Bonchev–Trinajstić information content (AvgIpc) is 2.59. The monoisotopic (exact) mass is 242 g/mol. The lowest BCUT2D eigenvalue weighted by molar-refractivity contribution is -0.131. The number of carbonyl (C=O) groups is 1. The molecule has 0 aromatic heterocycles. The molecule has 0 saturated carbocycles. The number of amides is 1. The molecule has 0 aromatic rings. The zero-order chi connectivity index (χ0) is 11.2. The summed E-state index contributed by atoms with van der Waals surface area (Å²) in [7, 11) is 0. The lowest BCUT2D eigenvalue weighted by Crippen LogP contribution is -2.36. The third-order valence-corrected chi connectivity index (χ3v) is 4.77. The topological polar surface area (TPSA) is 32.3 Å². The van der Waals surface area contributed by atoms with E-state index in [1.807, 2.05) is 11.8 Å². The number of nitrogens with one attached hydrogen (secondary N) is 1. The summed E-state index contributed by atoms with van der Waals surface area (Å²) in [6.07, 6.45) is 5.76. The van der Waals surface area contributed by atoms with Gasteiger partial charge in [0.15, 0.2) is 0 Å². The van der Waals surface area contributed by atoms with Crippen molar-refractivity contribution in [2.75, 3.05) is 31.9 Å². The summed E-state index contributed by atoms with van der Waals surface area (Å²) >= 11 is 2.00. The van der Waals surface area contributed by atoms with E-state index in [2.05, 4.69) is 10.2 Å². The van der Waals surface area contributed by atoms with Crippen LogP contribution in [0.15, 0.2) is 0 Å². The molecule has 2 fully saturated rings. The minimum absolute atomic E-state index is 0.378. The molecule has 2 heterocycles. The van der Waals surface area contributed by atoms with Crippen molar-refractivity contribution in [3.05, 3.63) is 0 Å². The summed E-state index contributed by atoms with van der Waals surface area (Å²) in [6, 6.07) is 0. The quantitative estimate of drug-likeness (QED) is 0.796. The lowest BCUT2D eigenvalue weighted by Gasteiger charge is -2.25. The van der Waals surface area contributed by atoms with E-state index in [0.717, 1.165) is 39.0 Å². The molecule has 1 amide bonds. The predicted molar refractivity (Wildman–Crippen MR) is 68.8 cm³/mol. The standard InChI is InChI=1S/C12H22N2OS/c15-12(10-11-4-1-2-9-16-11)14-7-3-5-13-6-8-14/h11,13H,1-10H2. The Balaban J connectivity index is 1.76. The molecule has 1 atom stereocenters. The van der Waals surface area contributed by atoms with Gasteiger partial charge < -0.3 is 10.2 Å². The van der Waals surface area contributed by atoms with E-state index in [1.165, 1.54) is 25.0 Å². The van der Waals surface area contributed by atoms with Crippen LogP contribution < -0.4 is 5.32 Å². The van der Waals surface area contributed by atoms with E-state index in [9.17, 15) is 4.79 Å². The highest BCUT2D eigenvalue weighted by Gasteiger charge is 2.21. The summed E-state index contributed by atoms with van der Waals surface area (Å²) in [5.74, 6) is 1.63. The Morgan fingerprint density at radius 2 is 2.19 bits per heavy atom. The molecule has 0 aromatic carbocycles. The first kappa shape index (κ1) is 12.2. The fourth-order valence-corrected chi connectivity index (χ4v) is 3.69. The van der Waals surface area contributed by atoms with E-state index in [-0.39, 0.29) is 0 Å². The van der Waals surface area contributed by atoms with Gasteiger partial charge in [-0.15, -0.1) is 0 Å². The van der Waals surface area contributed by atoms with Gasteiger partial charge in [-0.3, -0.25) is 4.79 Å². The van der Waals surface area contributed by atoms with Crippen LogP contribution in [-0.2, 0) is 4.79 Å². The van der Waals surface area contributed by atoms with Crippen LogP contribution in [0.2, 0.25) is 0 Å². The van der Waals surface area contributed by atoms with Crippen LogP contribution >= 0.6 is 11.8 Å². The van der Waals surface area contributed by atoms with E-state index < -0.39 is 0 Å². The number of hydrogen-bond donors (Lipinski definition) is 1. The number of carbonyl (C=O) groups excluding carboxylic acids is 1. The van der Waals surface area contributed by atoms with Crippen LogP contribution in [0.25, 0.3) is 0 Å². The fraction of sp³-hybridized carbons (Fsp3) is 0.917. The second kappa shape index (κ2) is 6.50. The predicted octanol–water partition coefficient (Wildman–Crippen LogP) is 1.48. The molecule has 0 aliphatic carbocycles. The second-order valence-electron chi connectivity index (χ2n) is 4.68. The Hall–Kier alpha value is -0.220. The summed E-state index contributed by atoms with van der Waals surface area (Å²) in [6.45, 7) is 3.87. The van der Waals surface area contributed by atoms with Crippen molar-refractivity contribution in [2.45, 2.75) is 37.4 Å². The SMILES string of the molecule is O=C(CC1CCCCS1)N1CCCNCC1. The zero-order valence-corrected chi connectivity index (χ0v) is 10.7. The molecule has 2 rings (SSSR count). The lowest BCUT2D eigenvalue weighted by atomic mass is 10.1. The summed E-state index contributed by atoms with van der Waals surface area (Å²) in [5, 5.41) is 3.93. The van der Waals surface area contributed by atoms with Crippen molar-refractivity contribution < 1.29 is 4.79 Å². The molecule has 1 N–H and O–H groups in total. The van der Waals surface area contributed by atoms with Crippen LogP contribution in [-0.4, -0.2) is 48.0 Å². The van der Waals surface area contributed by atoms with Crippen molar-refractivity contribution in [2.24, 2.45) is 0 Å².